The minimum Gasteiger partial charge on any atom is -0.507 e. The van der Waals surface area contributed by atoms with Crippen LogP contribution in [0.4, 0.5) is 4.39 Å². The van der Waals surface area contributed by atoms with Crippen molar-refractivity contribution in [3.05, 3.63) is 63.3 Å². The first kappa shape index (κ1) is 20.5. The monoisotopic (exact) mass is 389 g/mol. The minimum atomic E-state index is -0.434. The average molecular weight is 389 g/mol. The summed E-state index contributed by atoms with van der Waals surface area (Å²) in [7, 11) is 3.65. The Labute approximate surface area is 164 Å². The Morgan fingerprint density at radius 1 is 1.18 bits per heavy atom. The number of halogens is 1. The zero-order valence-corrected chi connectivity index (χ0v) is 16.7. The number of aromatic nitrogens is 1. The summed E-state index contributed by atoms with van der Waals surface area (Å²) in [5.41, 5.74) is 1.57. The third kappa shape index (κ3) is 4.27. The standard InChI is InChI=1S/C21H28FN3O3/c1-15-14-18(26)19(21(27)25(15)12-13-28-3)20(16-4-6-17(22)7-5-16)24-10-8-23(2)9-11-24/h4-7,14,20,26H,8-13H2,1-3H3/t20-/m0/s1. The van der Waals surface area contributed by atoms with Crippen molar-refractivity contribution in [2.75, 3.05) is 46.9 Å². The van der Waals surface area contributed by atoms with Crippen LogP contribution in [0.1, 0.15) is 22.9 Å². The highest BCUT2D eigenvalue weighted by molar-refractivity contribution is 5.41. The predicted octanol–water partition coefficient (Wildman–Crippen LogP) is 1.98. The maximum Gasteiger partial charge on any atom is 0.259 e. The molecule has 28 heavy (non-hydrogen) atoms. The molecular formula is C21H28FN3O3. The van der Waals surface area contributed by atoms with Gasteiger partial charge in [-0.3, -0.25) is 9.69 Å². The van der Waals surface area contributed by atoms with E-state index in [1.54, 1.807) is 36.8 Å². The first-order chi connectivity index (χ1) is 13.4. The number of pyridine rings is 1. The summed E-state index contributed by atoms with van der Waals surface area (Å²) in [5, 5.41) is 10.7. The zero-order chi connectivity index (χ0) is 20.3. The van der Waals surface area contributed by atoms with E-state index in [-0.39, 0.29) is 17.1 Å². The lowest BCUT2D eigenvalue weighted by molar-refractivity contribution is 0.125. The molecule has 6 nitrogen and oxygen atoms in total. The van der Waals surface area contributed by atoms with Crippen molar-refractivity contribution < 1.29 is 14.2 Å². The highest BCUT2D eigenvalue weighted by atomic mass is 19.1. The molecule has 1 aliphatic heterocycles. The molecule has 0 saturated carbocycles. The van der Waals surface area contributed by atoms with Crippen LogP contribution in [0.15, 0.2) is 35.1 Å². The number of rotatable bonds is 6. The van der Waals surface area contributed by atoms with Crippen LogP contribution in [-0.2, 0) is 11.3 Å². The first-order valence-electron chi connectivity index (χ1n) is 9.52. The van der Waals surface area contributed by atoms with Gasteiger partial charge in [0.1, 0.15) is 11.6 Å². The van der Waals surface area contributed by atoms with Crippen LogP contribution in [0, 0.1) is 12.7 Å². The number of methoxy groups -OCH3 is 1. The SMILES string of the molecule is COCCn1c(C)cc(O)c([C@H](c2ccc(F)cc2)N2CCN(C)CC2)c1=O. The molecule has 1 aliphatic rings. The number of ether oxygens (including phenoxy) is 1. The van der Waals surface area contributed by atoms with E-state index < -0.39 is 6.04 Å². The number of aryl methyl sites for hydroxylation is 1. The molecule has 152 valence electrons. The Kier molecular flexibility index (Phi) is 6.49. The van der Waals surface area contributed by atoms with Crippen LogP contribution >= 0.6 is 0 Å². The maximum absolute atomic E-state index is 13.5. The third-order valence-corrected chi connectivity index (χ3v) is 5.40. The second kappa shape index (κ2) is 8.86. The number of nitrogens with zero attached hydrogens (tertiary/aromatic N) is 3. The summed E-state index contributed by atoms with van der Waals surface area (Å²) in [6.45, 7) is 5.84. The van der Waals surface area contributed by atoms with Crippen molar-refractivity contribution in [2.24, 2.45) is 0 Å². The van der Waals surface area contributed by atoms with Gasteiger partial charge in [-0.1, -0.05) is 12.1 Å². The van der Waals surface area contributed by atoms with E-state index >= 15 is 0 Å². The number of benzene rings is 1. The zero-order valence-electron chi connectivity index (χ0n) is 16.7. The quantitative estimate of drug-likeness (QED) is 0.819. The van der Waals surface area contributed by atoms with Gasteiger partial charge in [-0.25, -0.2) is 4.39 Å². The largest absolute Gasteiger partial charge is 0.507 e. The van der Waals surface area contributed by atoms with Crippen LogP contribution in [-0.4, -0.2) is 66.4 Å². The average Bonchev–Trinajstić information content (AvgIpc) is 2.67. The van der Waals surface area contributed by atoms with E-state index in [4.69, 9.17) is 4.74 Å². The van der Waals surface area contributed by atoms with Gasteiger partial charge >= 0.3 is 0 Å². The lowest BCUT2D eigenvalue weighted by atomic mass is 9.96. The number of likely N-dealkylation sites (N-methyl/N-ethyl adjacent to an activating group) is 1. The molecule has 1 N–H and O–H groups in total. The maximum atomic E-state index is 13.5. The second-order valence-electron chi connectivity index (χ2n) is 7.33. The summed E-state index contributed by atoms with van der Waals surface area (Å²) in [6.07, 6.45) is 0. The van der Waals surface area contributed by atoms with Crippen LogP contribution in [0.2, 0.25) is 0 Å². The summed E-state index contributed by atoms with van der Waals surface area (Å²) in [4.78, 5) is 17.7. The molecule has 3 rings (SSSR count). The first-order valence-corrected chi connectivity index (χ1v) is 9.52. The van der Waals surface area contributed by atoms with Gasteiger partial charge in [0.05, 0.1) is 18.2 Å². The molecule has 0 radical (unpaired) electrons. The van der Waals surface area contributed by atoms with Crippen LogP contribution in [0.25, 0.3) is 0 Å². The van der Waals surface area contributed by atoms with E-state index in [1.807, 2.05) is 0 Å². The van der Waals surface area contributed by atoms with E-state index in [0.29, 0.717) is 24.4 Å². The minimum absolute atomic E-state index is 0.0237. The molecular weight excluding hydrogens is 361 g/mol. The number of hydrogen-bond donors (Lipinski definition) is 1. The van der Waals surface area contributed by atoms with Gasteiger partial charge in [0.15, 0.2) is 0 Å². The molecule has 0 aliphatic carbocycles. The summed E-state index contributed by atoms with van der Waals surface area (Å²) < 4.78 is 20.3. The van der Waals surface area contributed by atoms with E-state index in [2.05, 4.69) is 16.8 Å². The smallest absolute Gasteiger partial charge is 0.259 e. The summed E-state index contributed by atoms with van der Waals surface area (Å²) in [5.74, 6) is -0.351. The molecule has 1 saturated heterocycles. The van der Waals surface area contributed by atoms with Crippen molar-refractivity contribution in [1.82, 2.24) is 14.4 Å². The lowest BCUT2D eigenvalue weighted by Crippen LogP contribution is -2.47. The van der Waals surface area contributed by atoms with Gasteiger partial charge < -0.3 is 19.3 Å². The normalized spacial score (nSPS) is 17.0. The fourth-order valence-electron chi connectivity index (χ4n) is 3.77. The molecule has 1 aromatic carbocycles. The van der Waals surface area contributed by atoms with Crippen molar-refractivity contribution in [1.29, 1.82) is 0 Å². The van der Waals surface area contributed by atoms with Gasteiger partial charge in [0.25, 0.3) is 5.56 Å². The fraction of sp³-hybridized carbons (Fsp3) is 0.476. The molecule has 0 bridgehead atoms. The van der Waals surface area contributed by atoms with Crippen molar-refractivity contribution >= 4 is 0 Å². The van der Waals surface area contributed by atoms with E-state index in [9.17, 15) is 14.3 Å². The highest BCUT2D eigenvalue weighted by Gasteiger charge is 2.30. The molecule has 2 heterocycles. The van der Waals surface area contributed by atoms with Crippen LogP contribution in [0.3, 0.4) is 0 Å². The Balaban J connectivity index is 2.12. The Morgan fingerprint density at radius 3 is 2.43 bits per heavy atom. The second-order valence-corrected chi connectivity index (χ2v) is 7.33. The molecule has 0 unspecified atom stereocenters. The van der Waals surface area contributed by atoms with Crippen molar-refractivity contribution in [2.45, 2.75) is 19.5 Å². The van der Waals surface area contributed by atoms with Crippen LogP contribution < -0.4 is 5.56 Å². The number of aromatic hydroxyl groups is 1. The number of piperazine rings is 1. The molecule has 1 fully saturated rings. The predicted molar refractivity (Wildman–Crippen MR) is 106 cm³/mol. The fourth-order valence-corrected chi connectivity index (χ4v) is 3.77. The third-order valence-electron chi connectivity index (χ3n) is 5.40. The molecule has 1 aromatic heterocycles. The molecule has 1 atom stereocenters. The Morgan fingerprint density at radius 2 is 1.82 bits per heavy atom. The molecule has 0 spiro atoms. The number of hydrogen-bond acceptors (Lipinski definition) is 5. The lowest BCUT2D eigenvalue weighted by Gasteiger charge is -2.38. The topological polar surface area (TPSA) is 57.9 Å². The molecule has 2 aromatic rings. The van der Waals surface area contributed by atoms with E-state index in [0.717, 1.165) is 31.7 Å². The van der Waals surface area contributed by atoms with Gasteiger partial charge in [-0.05, 0) is 37.7 Å². The summed E-state index contributed by atoms with van der Waals surface area (Å²) >= 11 is 0. The van der Waals surface area contributed by atoms with Gasteiger partial charge in [0.2, 0.25) is 0 Å². The van der Waals surface area contributed by atoms with Crippen LogP contribution in [0.5, 0.6) is 5.75 Å². The molecule has 7 heteroatoms. The van der Waals surface area contributed by atoms with Crippen molar-refractivity contribution in [3.8, 4) is 5.75 Å². The van der Waals surface area contributed by atoms with E-state index in [1.165, 1.54) is 12.1 Å². The van der Waals surface area contributed by atoms with Crippen molar-refractivity contribution in [3.63, 3.8) is 0 Å². The van der Waals surface area contributed by atoms with Gasteiger partial charge in [-0.15, -0.1) is 0 Å². The highest BCUT2D eigenvalue weighted by Crippen LogP contribution is 2.33. The Bertz CT molecular complexity index is 858. The summed E-state index contributed by atoms with van der Waals surface area (Å²) in [6, 6.07) is 7.36. The molecule has 0 amide bonds. The van der Waals surface area contributed by atoms with Gasteiger partial charge in [0, 0.05) is 45.5 Å². The Hall–Kier alpha value is -2.22. The van der Waals surface area contributed by atoms with Gasteiger partial charge in [-0.2, -0.15) is 0 Å².